The van der Waals surface area contributed by atoms with E-state index in [1.54, 1.807) is 19.9 Å². The minimum absolute atomic E-state index is 0.0107. The van der Waals surface area contributed by atoms with Crippen molar-refractivity contribution in [3.05, 3.63) is 64.0 Å². The van der Waals surface area contributed by atoms with Gasteiger partial charge in [0.05, 0.1) is 4.92 Å². The summed E-state index contributed by atoms with van der Waals surface area (Å²) in [6.45, 7) is 5.49. The third kappa shape index (κ3) is 3.46. The number of hydrogen-bond acceptors (Lipinski definition) is 3. The molecule has 1 aromatic heterocycles. The number of nitro groups is 1. The number of pyridine rings is 1. The van der Waals surface area contributed by atoms with Crippen molar-refractivity contribution in [2.45, 2.75) is 26.8 Å². The summed E-state index contributed by atoms with van der Waals surface area (Å²) < 4.78 is 1.82. The molecule has 6 heteroatoms. The van der Waals surface area contributed by atoms with Gasteiger partial charge < -0.3 is 5.32 Å². The van der Waals surface area contributed by atoms with Crippen LogP contribution in [0.25, 0.3) is 0 Å². The van der Waals surface area contributed by atoms with Crippen molar-refractivity contribution in [3.63, 3.8) is 0 Å². The molecule has 0 aliphatic carbocycles. The molecular weight excluding hydrogens is 282 g/mol. The zero-order chi connectivity index (χ0) is 16.3. The van der Waals surface area contributed by atoms with Gasteiger partial charge in [-0.05, 0) is 31.5 Å². The number of aromatic nitrogens is 1. The summed E-state index contributed by atoms with van der Waals surface area (Å²) in [4.78, 5) is 22.6. The van der Waals surface area contributed by atoms with E-state index in [0.717, 1.165) is 5.56 Å². The molecule has 0 radical (unpaired) electrons. The first kappa shape index (κ1) is 15.6. The Labute approximate surface area is 128 Å². The lowest BCUT2D eigenvalue weighted by Gasteiger charge is -2.11. The number of carbonyl (C=O) groups is 1. The standard InChI is InChI=1S/C16H17N3O3/c1-11-5-4-8-18(10-11)13(3)16(20)17-15-7-6-14(19(21)22)9-12(15)2/h4-10,13H,1-3H3/p+1/t13-/m1/s1. The molecule has 2 rings (SSSR count). The molecule has 1 amide bonds. The summed E-state index contributed by atoms with van der Waals surface area (Å²) >= 11 is 0. The van der Waals surface area contributed by atoms with Crippen LogP contribution in [0, 0.1) is 24.0 Å². The lowest BCUT2D eigenvalue weighted by molar-refractivity contribution is -0.705. The van der Waals surface area contributed by atoms with E-state index in [0.29, 0.717) is 11.3 Å². The fourth-order valence-corrected chi connectivity index (χ4v) is 2.13. The number of anilines is 1. The number of non-ortho nitro benzene ring substituents is 1. The van der Waals surface area contributed by atoms with E-state index in [-0.39, 0.29) is 17.6 Å². The summed E-state index contributed by atoms with van der Waals surface area (Å²) in [6, 6.07) is 7.85. The van der Waals surface area contributed by atoms with Crippen molar-refractivity contribution in [2.75, 3.05) is 5.32 Å². The zero-order valence-corrected chi connectivity index (χ0v) is 12.7. The normalized spacial score (nSPS) is 11.8. The fraction of sp³-hybridized carbons (Fsp3) is 0.250. The molecule has 0 spiro atoms. The van der Waals surface area contributed by atoms with E-state index in [1.165, 1.54) is 12.1 Å². The summed E-state index contributed by atoms with van der Waals surface area (Å²) in [7, 11) is 0. The molecule has 2 aromatic rings. The Morgan fingerprint density at radius 3 is 2.64 bits per heavy atom. The summed E-state index contributed by atoms with van der Waals surface area (Å²) in [5.41, 5.74) is 2.31. The van der Waals surface area contributed by atoms with E-state index >= 15 is 0 Å². The molecule has 0 aliphatic rings. The van der Waals surface area contributed by atoms with Crippen molar-refractivity contribution in [1.29, 1.82) is 0 Å². The van der Waals surface area contributed by atoms with E-state index < -0.39 is 4.92 Å². The lowest BCUT2D eigenvalue weighted by atomic mass is 10.1. The summed E-state index contributed by atoms with van der Waals surface area (Å²) in [6.07, 6.45) is 3.73. The van der Waals surface area contributed by atoms with Gasteiger partial charge in [0.25, 0.3) is 11.6 Å². The second-order valence-electron chi connectivity index (χ2n) is 5.25. The van der Waals surface area contributed by atoms with Crippen LogP contribution in [0.2, 0.25) is 0 Å². The maximum atomic E-state index is 12.3. The van der Waals surface area contributed by atoms with Crippen LogP contribution in [0.5, 0.6) is 0 Å². The maximum Gasteiger partial charge on any atom is 0.293 e. The van der Waals surface area contributed by atoms with Crippen LogP contribution in [-0.2, 0) is 4.79 Å². The van der Waals surface area contributed by atoms with E-state index in [1.807, 2.05) is 36.0 Å². The Bertz CT molecular complexity index is 728. The van der Waals surface area contributed by atoms with Gasteiger partial charge in [-0.3, -0.25) is 14.9 Å². The molecule has 6 nitrogen and oxygen atoms in total. The van der Waals surface area contributed by atoms with E-state index in [2.05, 4.69) is 5.32 Å². The molecule has 1 atom stereocenters. The highest BCUT2D eigenvalue weighted by Crippen LogP contribution is 2.21. The number of nitrogens with one attached hydrogen (secondary N) is 1. The average Bonchev–Trinajstić information content (AvgIpc) is 2.48. The van der Waals surface area contributed by atoms with Crippen molar-refractivity contribution in [1.82, 2.24) is 0 Å². The number of nitrogens with zero attached hydrogens (tertiary/aromatic N) is 2. The van der Waals surface area contributed by atoms with Crippen molar-refractivity contribution in [2.24, 2.45) is 0 Å². The molecule has 22 heavy (non-hydrogen) atoms. The van der Waals surface area contributed by atoms with Crippen LogP contribution in [0.3, 0.4) is 0 Å². The molecule has 1 heterocycles. The molecule has 0 saturated carbocycles. The highest BCUT2D eigenvalue weighted by atomic mass is 16.6. The predicted octanol–water partition coefficient (Wildman–Crippen LogP) is 2.70. The van der Waals surface area contributed by atoms with Gasteiger partial charge >= 0.3 is 0 Å². The number of nitro benzene ring substituents is 1. The third-order valence-electron chi connectivity index (χ3n) is 3.48. The van der Waals surface area contributed by atoms with Crippen LogP contribution in [0.1, 0.15) is 24.1 Å². The number of carbonyl (C=O) groups excluding carboxylic acids is 1. The van der Waals surface area contributed by atoms with Gasteiger partial charge in [-0.25, -0.2) is 0 Å². The van der Waals surface area contributed by atoms with Crippen LogP contribution in [0.4, 0.5) is 11.4 Å². The smallest absolute Gasteiger partial charge is 0.293 e. The van der Waals surface area contributed by atoms with E-state index in [4.69, 9.17) is 0 Å². The predicted molar refractivity (Wildman–Crippen MR) is 82.5 cm³/mol. The first-order valence-electron chi connectivity index (χ1n) is 6.92. The van der Waals surface area contributed by atoms with Gasteiger partial charge in [-0.2, -0.15) is 4.57 Å². The van der Waals surface area contributed by atoms with Gasteiger partial charge in [0.1, 0.15) is 0 Å². The third-order valence-corrected chi connectivity index (χ3v) is 3.48. The number of rotatable bonds is 4. The fourth-order valence-electron chi connectivity index (χ4n) is 2.13. The van der Waals surface area contributed by atoms with Crippen LogP contribution < -0.4 is 9.88 Å². The van der Waals surface area contributed by atoms with Gasteiger partial charge in [-0.1, -0.05) is 0 Å². The van der Waals surface area contributed by atoms with Crippen LogP contribution >= 0.6 is 0 Å². The Morgan fingerprint density at radius 2 is 2.05 bits per heavy atom. The first-order chi connectivity index (χ1) is 10.4. The Hall–Kier alpha value is -2.76. The average molecular weight is 300 g/mol. The second kappa shape index (κ2) is 6.34. The molecule has 0 saturated heterocycles. The zero-order valence-electron chi connectivity index (χ0n) is 12.7. The van der Waals surface area contributed by atoms with Crippen LogP contribution in [0.15, 0.2) is 42.7 Å². The van der Waals surface area contributed by atoms with Gasteiger partial charge in [0.2, 0.25) is 6.04 Å². The largest absolute Gasteiger partial charge is 0.320 e. The molecule has 0 unspecified atom stereocenters. The number of benzene rings is 1. The molecule has 114 valence electrons. The second-order valence-corrected chi connectivity index (χ2v) is 5.25. The van der Waals surface area contributed by atoms with Crippen molar-refractivity contribution in [3.8, 4) is 0 Å². The van der Waals surface area contributed by atoms with Gasteiger partial charge in [0, 0.05) is 36.4 Å². The SMILES string of the molecule is Cc1ccc[n+]([C@H](C)C(=O)Nc2ccc([N+](=O)[O-])cc2C)c1. The maximum absolute atomic E-state index is 12.3. The molecular formula is C16H18N3O3+. The minimum atomic E-state index is -0.455. The highest BCUT2D eigenvalue weighted by Gasteiger charge is 2.22. The monoisotopic (exact) mass is 300 g/mol. The first-order valence-corrected chi connectivity index (χ1v) is 6.92. The lowest BCUT2D eigenvalue weighted by Crippen LogP contribution is -2.44. The molecule has 0 bridgehead atoms. The van der Waals surface area contributed by atoms with Gasteiger partial charge in [-0.15, -0.1) is 0 Å². The number of amides is 1. The van der Waals surface area contributed by atoms with E-state index in [9.17, 15) is 14.9 Å². The summed E-state index contributed by atoms with van der Waals surface area (Å²) in [5, 5.41) is 13.5. The molecule has 1 aromatic carbocycles. The number of aryl methyl sites for hydroxylation is 2. The van der Waals surface area contributed by atoms with Gasteiger partial charge in [0.15, 0.2) is 12.4 Å². The summed E-state index contributed by atoms with van der Waals surface area (Å²) in [5.74, 6) is -0.174. The quantitative estimate of drug-likeness (QED) is 0.536. The Morgan fingerprint density at radius 1 is 1.32 bits per heavy atom. The minimum Gasteiger partial charge on any atom is -0.320 e. The molecule has 0 aliphatic heterocycles. The van der Waals surface area contributed by atoms with Crippen LogP contribution in [-0.4, -0.2) is 10.8 Å². The topological polar surface area (TPSA) is 76.1 Å². The Kier molecular flexibility index (Phi) is 4.50. The molecule has 1 N–H and O–H groups in total. The molecule has 0 fully saturated rings. The highest BCUT2D eigenvalue weighted by molar-refractivity contribution is 5.93. The van der Waals surface area contributed by atoms with Crippen molar-refractivity contribution < 1.29 is 14.3 Å². The van der Waals surface area contributed by atoms with Crippen molar-refractivity contribution >= 4 is 17.3 Å². The Balaban J connectivity index is 2.16. The number of hydrogen-bond donors (Lipinski definition) is 1.